The molecule has 220 valence electrons. The Morgan fingerprint density at radius 1 is 0.705 bits per heavy atom. The van der Waals surface area contributed by atoms with Crippen LogP contribution in [0.4, 0.5) is 11.4 Å². The van der Waals surface area contributed by atoms with Crippen LogP contribution < -0.4 is 9.80 Å². The second kappa shape index (κ2) is 10.5. The van der Waals surface area contributed by atoms with E-state index in [1.807, 2.05) is 18.2 Å². The van der Waals surface area contributed by atoms with Gasteiger partial charge in [0.1, 0.15) is 5.75 Å². The predicted molar refractivity (Wildman–Crippen MR) is 169 cm³/mol. The second-order valence-corrected chi connectivity index (χ2v) is 12.3. The zero-order valence-electron chi connectivity index (χ0n) is 23.7. The largest absolute Gasteiger partial charge is 0.508 e. The first-order valence-corrected chi connectivity index (χ1v) is 15.0. The summed E-state index contributed by atoms with van der Waals surface area (Å²) in [4.78, 5) is 58.7. The summed E-state index contributed by atoms with van der Waals surface area (Å²) in [7, 11) is 0. The Bertz CT molecular complexity index is 1790. The van der Waals surface area contributed by atoms with Gasteiger partial charge in [-0.05, 0) is 71.8 Å². The van der Waals surface area contributed by atoms with E-state index in [-0.39, 0.29) is 40.8 Å². The number of fused-ring (bicyclic) bond motifs is 4. The maximum atomic E-state index is 14.2. The highest BCUT2D eigenvalue weighted by Gasteiger charge is 2.62. The standard InChI is InChI=1S/C36H29ClN2O5/c1-3-19-5-9-21(10-6-19)38-33(41)26-16-15-24-27(31(26)35(38)43)18-28-32(30(24)25-14-13-23(40)17-29(25)37)36(44)39(34(28)42)22-11-7-20(4-2)8-12-22/h3-15,17,26-28,30-32,40H,1-2,16,18H2. The first-order valence-electron chi connectivity index (χ1n) is 14.6. The molecular weight excluding hydrogens is 576 g/mol. The molecule has 3 fully saturated rings. The maximum Gasteiger partial charge on any atom is 0.238 e. The van der Waals surface area contributed by atoms with Crippen molar-refractivity contribution < 1.29 is 24.3 Å². The molecule has 2 aliphatic carbocycles. The van der Waals surface area contributed by atoms with Crippen molar-refractivity contribution in [3.8, 4) is 5.75 Å². The third-order valence-corrected chi connectivity index (χ3v) is 10.1. The number of phenolic OH excluding ortho intramolecular Hbond substituents is 1. The SMILES string of the molecule is C=Cc1ccc(N2C(=O)C3CC=C4C(CC5C(=O)N(c6ccc(C=C)cc6)C(=O)C5C4c4ccc(O)cc4Cl)C3C2=O)cc1. The Morgan fingerprint density at radius 2 is 1.25 bits per heavy atom. The fraction of sp³-hybridized carbons (Fsp3) is 0.222. The van der Waals surface area contributed by atoms with Gasteiger partial charge in [0.15, 0.2) is 0 Å². The Hall–Kier alpha value is -4.75. The summed E-state index contributed by atoms with van der Waals surface area (Å²) in [5, 5.41) is 10.4. The molecule has 3 aromatic carbocycles. The van der Waals surface area contributed by atoms with Crippen LogP contribution in [0.5, 0.6) is 5.75 Å². The van der Waals surface area contributed by atoms with Gasteiger partial charge in [0.2, 0.25) is 23.6 Å². The number of anilines is 2. The van der Waals surface area contributed by atoms with E-state index in [1.54, 1.807) is 54.6 Å². The molecule has 8 heteroatoms. The summed E-state index contributed by atoms with van der Waals surface area (Å²) in [6, 6.07) is 18.8. The van der Waals surface area contributed by atoms with Crippen molar-refractivity contribution in [2.75, 3.05) is 9.80 Å². The maximum absolute atomic E-state index is 14.2. The molecule has 4 aliphatic rings. The fourth-order valence-electron chi connectivity index (χ4n) is 7.73. The number of phenols is 1. The summed E-state index contributed by atoms with van der Waals surface area (Å²) in [5.41, 5.74) is 4.13. The van der Waals surface area contributed by atoms with Gasteiger partial charge in [0.25, 0.3) is 0 Å². The smallest absolute Gasteiger partial charge is 0.238 e. The Balaban J connectivity index is 1.32. The summed E-state index contributed by atoms with van der Waals surface area (Å²) in [6.45, 7) is 7.54. The molecule has 6 unspecified atom stereocenters. The summed E-state index contributed by atoms with van der Waals surface area (Å²) >= 11 is 6.70. The number of amides is 4. The van der Waals surface area contributed by atoms with E-state index in [9.17, 15) is 24.3 Å². The number of hydrogen-bond acceptors (Lipinski definition) is 5. The molecule has 7 nitrogen and oxygen atoms in total. The predicted octanol–water partition coefficient (Wildman–Crippen LogP) is 6.38. The summed E-state index contributed by atoms with van der Waals surface area (Å²) in [5.74, 6) is -5.02. The molecule has 4 amide bonds. The molecular formula is C36H29ClN2O5. The number of aromatic hydroxyl groups is 1. The lowest BCUT2D eigenvalue weighted by Crippen LogP contribution is -2.43. The van der Waals surface area contributed by atoms with Gasteiger partial charge in [-0.25, -0.2) is 0 Å². The van der Waals surface area contributed by atoms with Crippen LogP contribution in [0.15, 0.2) is 91.5 Å². The van der Waals surface area contributed by atoms with E-state index >= 15 is 0 Å². The minimum absolute atomic E-state index is 0.0206. The van der Waals surface area contributed by atoms with Gasteiger partial charge in [-0.15, -0.1) is 0 Å². The normalized spacial score (nSPS) is 27.5. The van der Waals surface area contributed by atoms with E-state index < -0.39 is 35.5 Å². The summed E-state index contributed by atoms with van der Waals surface area (Å²) in [6.07, 6.45) is 5.95. The minimum Gasteiger partial charge on any atom is -0.508 e. The molecule has 7 rings (SSSR count). The van der Waals surface area contributed by atoms with Crippen LogP contribution >= 0.6 is 11.6 Å². The zero-order chi connectivity index (χ0) is 30.9. The van der Waals surface area contributed by atoms with Crippen LogP contribution in [-0.2, 0) is 19.2 Å². The molecule has 0 radical (unpaired) electrons. The first-order chi connectivity index (χ1) is 21.2. The molecule has 44 heavy (non-hydrogen) atoms. The molecule has 0 bridgehead atoms. The van der Waals surface area contributed by atoms with Gasteiger partial charge in [0.05, 0.1) is 35.0 Å². The monoisotopic (exact) mass is 604 g/mol. The third-order valence-electron chi connectivity index (χ3n) is 9.74. The molecule has 0 spiro atoms. The lowest BCUT2D eigenvalue weighted by molar-refractivity contribution is -0.126. The number of rotatable bonds is 5. The Kier molecular flexibility index (Phi) is 6.66. The highest BCUT2D eigenvalue weighted by molar-refractivity contribution is 6.32. The Morgan fingerprint density at radius 3 is 1.80 bits per heavy atom. The number of imide groups is 2. The van der Waals surface area contributed by atoms with Crippen molar-refractivity contribution in [3.63, 3.8) is 0 Å². The zero-order valence-corrected chi connectivity index (χ0v) is 24.5. The molecule has 1 saturated carbocycles. The van der Waals surface area contributed by atoms with Gasteiger partial charge < -0.3 is 5.11 Å². The van der Waals surface area contributed by atoms with Crippen molar-refractivity contribution in [2.24, 2.45) is 29.6 Å². The average molecular weight is 605 g/mol. The second-order valence-electron chi connectivity index (χ2n) is 11.8. The van der Waals surface area contributed by atoms with Crippen molar-refractivity contribution >= 4 is 58.8 Å². The number of halogens is 1. The van der Waals surface area contributed by atoms with Gasteiger partial charge in [-0.2, -0.15) is 0 Å². The highest BCUT2D eigenvalue weighted by Crippen LogP contribution is 2.59. The van der Waals surface area contributed by atoms with E-state index in [2.05, 4.69) is 13.2 Å². The van der Waals surface area contributed by atoms with E-state index in [0.717, 1.165) is 16.7 Å². The number of nitrogens with zero attached hydrogens (tertiary/aromatic N) is 2. The number of carbonyl (C=O) groups excluding carboxylic acids is 4. The topological polar surface area (TPSA) is 95.0 Å². The number of allylic oxidation sites excluding steroid dienone is 2. The quantitative estimate of drug-likeness (QED) is 0.269. The van der Waals surface area contributed by atoms with Crippen molar-refractivity contribution in [2.45, 2.75) is 18.8 Å². The minimum atomic E-state index is -0.752. The van der Waals surface area contributed by atoms with E-state index in [0.29, 0.717) is 23.4 Å². The molecule has 2 heterocycles. The van der Waals surface area contributed by atoms with Gasteiger partial charge in [0, 0.05) is 10.9 Å². The van der Waals surface area contributed by atoms with Crippen LogP contribution in [-0.4, -0.2) is 28.7 Å². The van der Waals surface area contributed by atoms with E-state index in [1.165, 1.54) is 21.9 Å². The molecule has 0 aromatic heterocycles. The van der Waals surface area contributed by atoms with Crippen molar-refractivity contribution in [3.05, 3.63) is 113 Å². The van der Waals surface area contributed by atoms with Gasteiger partial charge >= 0.3 is 0 Å². The molecule has 1 N–H and O–H groups in total. The number of benzene rings is 3. The Labute approximate surface area is 259 Å². The molecule has 2 aliphatic heterocycles. The van der Waals surface area contributed by atoms with Gasteiger partial charge in [-0.1, -0.05) is 78.9 Å². The highest BCUT2D eigenvalue weighted by atomic mass is 35.5. The molecule has 2 saturated heterocycles. The van der Waals surface area contributed by atoms with Crippen LogP contribution in [0.3, 0.4) is 0 Å². The van der Waals surface area contributed by atoms with E-state index in [4.69, 9.17) is 11.6 Å². The van der Waals surface area contributed by atoms with Crippen LogP contribution in [0.1, 0.15) is 35.4 Å². The lowest BCUT2D eigenvalue weighted by atomic mass is 9.57. The molecule has 6 atom stereocenters. The number of hydrogen-bond donors (Lipinski definition) is 1. The lowest BCUT2D eigenvalue weighted by Gasteiger charge is -2.44. The third kappa shape index (κ3) is 4.10. The fourth-order valence-corrected chi connectivity index (χ4v) is 8.03. The average Bonchev–Trinajstić information content (AvgIpc) is 3.44. The van der Waals surface area contributed by atoms with Crippen LogP contribution in [0.25, 0.3) is 12.2 Å². The van der Waals surface area contributed by atoms with Crippen LogP contribution in [0.2, 0.25) is 5.02 Å². The first kappa shape index (κ1) is 28.0. The van der Waals surface area contributed by atoms with Crippen molar-refractivity contribution in [1.82, 2.24) is 0 Å². The number of carbonyl (C=O) groups is 4. The van der Waals surface area contributed by atoms with Crippen LogP contribution in [0, 0.1) is 29.6 Å². The van der Waals surface area contributed by atoms with Gasteiger partial charge in [-0.3, -0.25) is 29.0 Å². The summed E-state index contributed by atoms with van der Waals surface area (Å²) < 4.78 is 0. The molecule has 3 aromatic rings. The van der Waals surface area contributed by atoms with Crippen molar-refractivity contribution in [1.29, 1.82) is 0 Å².